The molecule has 0 aliphatic carbocycles. The van der Waals surface area contributed by atoms with Gasteiger partial charge in [-0.2, -0.15) is 13.2 Å². The van der Waals surface area contributed by atoms with Crippen LogP contribution in [0.2, 0.25) is 0 Å². The van der Waals surface area contributed by atoms with E-state index in [1.54, 1.807) is 0 Å². The molecule has 3 nitrogen and oxygen atoms in total. The summed E-state index contributed by atoms with van der Waals surface area (Å²) in [5.41, 5.74) is -1.53. The van der Waals surface area contributed by atoms with Crippen molar-refractivity contribution in [2.24, 2.45) is 5.92 Å². The molecule has 0 aliphatic rings. The highest BCUT2D eigenvalue weighted by Crippen LogP contribution is 2.27. The number of halogens is 3. The van der Waals surface area contributed by atoms with E-state index in [-0.39, 0.29) is 6.54 Å². The minimum absolute atomic E-state index is 0.0151. The molecule has 0 unspecified atom stereocenters. The summed E-state index contributed by atoms with van der Waals surface area (Å²) in [6.07, 6.45) is -4.50. The third-order valence-electron chi connectivity index (χ3n) is 2.40. The van der Waals surface area contributed by atoms with E-state index in [9.17, 15) is 18.0 Å². The first-order valence-corrected chi connectivity index (χ1v) is 5.80. The molecule has 0 saturated heterocycles. The zero-order valence-electron chi connectivity index (χ0n) is 10.4. The molecule has 102 valence electrons. The lowest BCUT2D eigenvalue weighted by Crippen LogP contribution is -2.32. The summed E-state index contributed by atoms with van der Waals surface area (Å²) < 4.78 is 38.8. The molecule has 0 aliphatic heterocycles. The van der Waals surface area contributed by atoms with Gasteiger partial charge in [0.2, 0.25) is 0 Å². The maximum atomic E-state index is 12.7. The van der Waals surface area contributed by atoms with Crippen LogP contribution in [0.15, 0.2) is 23.0 Å². The van der Waals surface area contributed by atoms with Crippen LogP contribution in [0.1, 0.15) is 19.5 Å². The average molecular weight is 262 g/mol. The van der Waals surface area contributed by atoms with Crippen LogP contribution in [-0.4, -0.2) is 17.7 Å². The van der Waals surface area contributed by atoms with Crippen molar-refractivity contribution in [1.82, 2.24) is 9.88 Å². The molecule has 0 bridgehead atoms. The monoisotopic (exact) mass is 262 g/mol. The molecule has 1 N–H and O–H groups in total. The predicted molar refractivity (Wildman–Crippen MR) is 63.4 cm³/mol. The van der Waals surface area contributed by atoms with Crippen molar-refractivity contribution in [1.29, 1.82) is 0 Å². The van der Waals surface area contributed by atoms with Crippen LogP contribution in [-0.2, 0) is 12.7 Å². The standard InChI is InChI=1S/C12H17F3N2O/c1-9(2)8-16-6-7-17-10(12(13,14)15)4-3-5-11(17)18/h3-5,9,16H,6-8H2,1-2H3. The van der Waals surface area contributed by atoms with Crippen molar-refractivity contribution in [3.8, 4) is 0 Å². The lowest BCUT2D eigenvalue weighted by atomic mass is 10.2. The van der Waals surface area contributed by atoms with Crippen molar-refractivity contribution >= 4 is 0 Å². The zero-order chi connectivity index (χ0) is 13.8. The Balaban J connectivity index is 2.78. The summed E-state index contributed by atoms with van der Waals surface area (Å²) in [6, 6.07) is 3.19. The number of aromatic nitrogens is 1. The Morgan fingerprint density at radius 1 is 1.33 bits per heavy atom. The van der Waals surface area contributed by atoms with E-state index in [1.807, 2.05) is 13.8 Å². The molecular weight excluding hydrogens is 245 g/mol. The SMILES string of the molecule is CC(C)CNCCn1c(C(F)(F)F)cccc1=O. The van der Waals surface area contributed by atoms with Crippen LogP contribution >= 0.6 is 0 Å². The van der Waals surface area contributed by atoms with Gasteiger partial charge in [0.15, 0.2) is 0 Å². The number of nitrogens with one attached hydrogen (secondary N) is 1. The Kier molecular flexibility index (Phi) is 4.95. The Bertz CT molecular complexity index is 438. The van der Waals surface area contributed by atoms with Crippen LogP contribution in [0.3, 0.4) is 0 Å². The fraction of sp³-hybridized carbons (Fsp3) is 0.583. The molecule has 1 aromatic rings. The fourth-order valence-electron chi connectivity index (χ4n) is 1.58. The highest BCUT2D eigenvalue weighted by molar-refractivity contribution is 5.10. The summed E-state index contributed by atoms with van der Waals surface area (Å²) in [4.78, 5) is 11.4. The van der Waals surface area contributed by atoms with E-state index in [0.717, 1.165) is 22.8 Å². The second-order valence-electron chi connectivity index (χ2n) is 4.50. The van der Waals surface area contributed by atoms with Crippen LogP contribution in [0.4, 0.5) is 13.2 Å². The second kappa shape index (κ2) is 6.04. The van der Waals surface area contributed by atoms with Crippen LogP contribution in [0, 0.1) is 5.92 Å². The zero-order valence-corrected chi connectivity index (χ0v) is 10.4. The summed E-state index contributed by atoms with van der Waals surface area (Å²) in [6.45, 7) is 5.07. The molecule has 0 aromatic carbocycles. The number of hydrogen-bond donors (Lipinski definition) is 1. The van der Waals surface area contributed by atoms with E-state index in [1.165, 1.54) is 0 Å². The van der Waals surface area contributed by atoms with Gasteiger partial charge in [-0.25, -0.2) is 0 Å². The highest BCUT2D eigenvalue weighted by Gasteiger charge is 2.33. The van der Waals surface area contributed by atoms with Gasteiger partial charge in [0, 0.05) is 19.2 Å². The number of nitrogens with zero attached hydrogens (tertiary/aromatic N) is 1. The smallest absolute Gasteiger partial charge is 0.315 e. The van der Waals surface area contributed by atoms with Crippen molar-refractivity contribution in [3.05, 3.63) is 34.2 Å². The maximum absolute atomic E-state index is 12.7. The van der Waals surface area contributed by atoms with Gasteiger partial charge >= 0.3 is 6.18 Å². The summed E-state index contributed by atoms with van der Waals surface area (Å²) >= 11 is 0. The van der Waals surface area contributed by atoms with Crippen molar-refractivity contribution < 1.29 is 13.2 Å². The van der Waals surface area contributed by atoms with Gasteiger partial charge in [-0.3, -0.25) is 4.79 Å². The van der Waals surface area contributed by atoms with Gasteiger partial charge in [0.05, 0.1) is 0 Å². The van der Waals surface area contributed by atoms with E-state index in [2.05, 4.69) is 5.32 Å². The van der Waals surface area contributed by atoms with Crippen LogP contribution in [0.25, 0.3) is 0 Å². The van der Waals surface area contributed by atoms with Crippen molar-refractivity contribution in [2.75, 3.05) is 13.1 Å². The maximum Gasteiger partial charge on any atom is 0.431 e. The lowest BCUT2D eigenvalue weighted by Gasteiger charge is -2.15. The quantitative estimate of drug-likeness (QED) is 0.825. The van der Waals surface area contributed by atoms with E-state index >= 15 is 0 Å². The summed E-state index contributed by atoms with van der Waals surface area (Å²) in [7, 11) is 0. The molecule has 1 aromatic heterocycles. The summed E-state index contributed by atoms with van der Waals surface area (Å²) in [5.74, 6) is 0.416. The van der Waals surface area contributed by atoms with Crippen LogP contribution in [0.5, 0.6) is 0 Å². The Hall–Kier alpha value is -1.30. The topological polar surface area (TPSA) is 34.0 Å². The third-order valence-corrected chi connectivity index (χ3v) is 2.40. The third kappa shape index (κ3) is 4.18. The van der Waals surface area contributed by atoms with E-state index in [0.29, 0.717) is 19.0 Å². The highest BCUT2D eigenvalue weighted by atomic mass is 19.4. The van der Waals surface area contributed by atoms with Gasteiger partial charge in [0.1, 0.15) is 5.69 Å². The molecule has 1 heterocycles. The number of alkyl halides is 3. The summed E-state index contributed by atoms with van der Waals surface area (Å²) in [5, 5.41) is 3.01. The first-order chi connectivity index (χ1) is 8.32. The lowest BCUT2D eigenvalue weighted by molar-refractivity contribution is -0.144. The number of rotatable bonds is 5. The fourth-order valence-corrected chi connectivity index (χ4v) is 1.58. The van der Waals surface area contributed by atoms with Crippen LogP contribution < -0.4 is 10.9 Å². The van der Waals surface area contributed by atoms with Crippen molar-refractivity contribution in [3.63, 3.8) is 0 Å². The van der Waals surface area contributed by atoms with E-state index in [4.69, 9.17) is 0 Å². The first-order valence-electron chi connectivity index (χ1n) is 5.80. The largest absolute Gasteiger partial charge is 0.431 e. The Labute approximate surface area is 104 Å². The molecule has 1 rings (SSSR count). The van der Waals surface area contributed by atoms with Gasteiger partial charge < -0.3 is 9.88 Å². The van der Waals surface area contributed by atoms with Crippen molar-refractivity contribution in [2.45, 2.75) is 26.6 Å². The Morgan fingerprint density at radius 2 is 2.00 bits per heavy atom. The van der Waals surface area contributed by atoms with Gasteiger partial charge in [-0.05, 0) is 18.5 Å². The molecule has 0 saturated carbocycles. The van der Waals surface area contributed by atoms with E-state index < -0.39 is 17.4 Å². The molecule has 6 heteroatoms. The number of hydrogen-bond acceptors (Lipinski definition) is 2. The molecule has 0 atom stereocenters. The molecular formula is C12H17F3N2O. The van der Waals surface area contributed by atoms with Gasteiger partial charge in [-0.15, -0.1) is 0 Å². The second-order valence-corrected chi connectivity index (χ2v) is 4.50. The minimum Gasteiger partial charge on any atom is -0.315 e. The predicted octanol–water partition coefficient (Wildman–Crippen LogP) is 2.11. The number of pyridine rings is 1. The minimum atomic E-state index is -4.50. The Morgan fingerprint density at radius 3 is 2.56 bits per heavy atom. The van der Waals surface area contributed by atoms with Gasteiger partial charge in [0.25, 0.3) is 5.56 Å². The molecule has 0 spiro atoms. The molecule has 0 fully saturated rings. The molecule has 0 radical (unpaired) electrons. The molecule has 18 heavy (non-hydrogen) atoms. The average Bonchev–Trinajstić information content (AvgIpc) is 2.24. The molecule has 0 amide bonds. The first kappa shape index (κ1) is 14.8. The normalized spacial score (nSPS) is 12.1. The van der Waals surface area contributed by atoms with Gasteiger partial charge in [-0.1, -0.05) is 19.9 Å².